The van der Waals surface area contributed by atoms with Gasteiger partial charge in [-0.25, -0.2) is 15.0 Å². The average molecular weight is 503 g/mol. The third-order valence-electron chi connectivity index (χ3n) is 4.02. The largest absolute Gasteiger partial charge is 0.372 e. The van der Waals surface area contributed by atoms with Crippen LogP contribution in [0, 0.1) is 6.92 Å². The number of hydrogen-bond donors (Lipinski definition) is 0. The van der Waals surface area contributed by atoms with Crippen LogP contribution in [0.25, 0.3) is 12.2 Å². The Bertz CT molecular complexity index is 822. The summed E-state index contributed by atoms with van der Waals surface area (Å²) in [5.41, 5.74) is 3.28. The number of alkyl halides is 6. The molecule has 0 aliphatic rings. The summed E-state index contributed by atoms with van der Waals surface area (Å²) in [7, 11) is 0. The van der Waals surface area contributed by atoms with E-state index in [1.54, 1.807) is 6.08 Å². The maximum atomic E-state index is 5.90. The van der Waals surface area contributed by atoms with E-state index < -0.39 is 7.59 Å². The van der Waals surface area contributed by atoms with Gasteiger partial charge in [-0.15, -0.1) is 0 Å². The maximum Gasteiger partial charge on any atom is 0.250 e. The Morgan fingerprint density at radius 3 is 1.86 bits per heavy atom. The molecule has 0 N–H and O–H groups in total. The Hall–Kier alpha value is -0.490. The minimum absolute atomic E-state index is 0.123. The van der Waals surface area contributed by atoms with Gasteiger partial charge in [0.05, 0.1) is 0 Å². The Balaban J connectivity index is 2.48. The molecule has 0 spiro atoms. The fourth-order valence-electron chi connectivity index (χ4n) is 2.61. The summed E-state index contributed by atoms with van der Waals surface area (Å²) < 4.78 is -3.76. The third-order valence-corrected chi connectivity index (χ3v) is 5.04. The first kappa shape index (κ1) is 23.8. The van der Waals surface area contributed by atoms with Gasteiger partial charge >= 0.3 is 0 Å². The smallest absolute Gasteiger partial charge is 0.250 e. The molecular formula is C18H18Cl6N4. The fraction of sp³-hybridized carbons (Fsp3) is 0.389. The maximum absolute atomic E-state index is 5.90. The quantitative estimate of drug-likeness (QED) is 0.419. The van der Waals surface area contributed by atoms with Gasteiger partial charge in [0.1, 0.15) is 0 Å². The molecule has 2 aromatic rings. The Labute approximate surface area is 194 Å². The summed E-state index contributed by atoms with van der Waals surface area (Å²) in [5.74, 6) is -0.0329. The lowest BCUT2D eigenvalue weighted by Crippen LogP contribution is -2.22. The first-order valence-electron chi connectivity index (χ1n) is 8.40. The number of nitrogens with zero attached hydrogens (tertiary/aromatic N) is 4. The van der Waals surface area contributed by atoms with Crippen molar-refractivity contribution in [3.63, 3.8) is 0 Å². The minimum atomic E-state index is -1.88. The van der Waals surface area contributed by atoms with Crippen molar-refractivity contribution in [2.75, 3.05) is 18.0 Å². The minimum Gasteiger partial charge on any atom is -0.372 e. The van der Waals surface area contributed by atoms with Crippen LogP contribution in [0.5, 0.6) is 0 Å². The van der Waals surface area contributed by atoms with Crippen LogP contribution >= 0.6 is 69.6 Å². The number of anilines is 1. The number of halogens is 6. The van der Waals surface area contributed by atoms with Crippen molar-refractivity contribution in [2.24, 2.45) is 0 Å². The molecule has 4 nitrogen and oxygen atoms in total. The van der Waals surface area contributed by atoms with E-state index in [2.05, 4.69) is 46.7 Å². The molecule has 0 aliphatic heterocycles. The first-order valence-corrected chi connectivity index (χ1v) is 10.7. The van der Waals surface area contributed by atoms with E-state index in [4.69, 9.17) is 69.6 Å². The molecule has 0 saturated heterocycles. The van der Waals surface area contributed by atoms with Crippen molar-refractivity contribution in [1.29, 1.82) is 0 Å². The van der Waals surface area contributed by atoms with Crippen LogP contribution in [0.4, 0.5) is 5.69 Å². The van der Waals surface area contributed by atoms with Gasteiger partial charge in [-0.05, 0) is 44.0 Å². The van der Waals surface area contributed by atoms with E-state index in [1.165, 1.54) is 0 Å². The van der Waals surface area contributed by atoms with E-state index in [-0.39, 0.29) is 17.5 Å². The van der Waals surface area contributed by atoms with Gasteiger partial charge < -0.3 is 4.90 Å². The predicted molar refractivity (Wildman–Crippen MR) is 122 cm³/mol. The fourth-order valence-corrected chi connectivity index (χ4v) is 3.12. The molecule has 0 bridgehead atoms. The highest BCUT2D eigenvalue weighted by molar-refractivity contribution is 6.67. The van der Waals surface area contributed by atoms with E-state index >= 15 is 0 Å². The topological polar surface area (TPSA) is 41.9 Å². The molecule has 0 unspecified atom stereocenters. The van der Waals surface area contributed by atoms with E-state index in [9.17, 15) is 0 Å². The highest BCUT2D eigenvalue weighted by Gasteiger charge is 2.33. The van der Waals surface area contributed by atoms with Crippen LogP contribution in [0.1, 0.15) is 42.4 Å². The Morgan fingerprint density at radius 2 is 1.39 bits per heavy atom. The molecule has 0 aliphatic carbocycles. The van der Waals surface area contributed by atoms with Gasteiger partial charge in [0.15, 0.2) is 17.5 Å². The van der Waals surface area contributed by atoms with Gasteiger partial charge in [-0.2, -0.15) is 0 Å². The third kappa shape index (κ3) is 6.01. The van der Waals surface area contributed by atoms with Crippen molar-refractivity contribution >= 4 is 87.4 Å². The second kappa shape index (κ2) is 9.55. The highest BCUT2D eigenvalue weighted by atomic mass is 35.6. The van der Waals surface area contributed by atoms with Crippen molar-refractivity contribution in [3.05, 3.63) is 46.8 Å². The zero-order valence-corrected chi connectivity index (χ0v) is 19.9. The zero-order chi connectivity index (χ0) is 21.1. The molecule has 0 fully saturated rings. The Morgan fingerprint density at radius 1 is 0.857 bits per heavy atom. The zero-order valence-electron chi connectivity index (χ0n) is 15.4. The molecule has 152 valence electrons. The van der Waals surface area contributed by atoms with Crippen molar-refractivity contribution in [2.45, 2.75) is 28.4 Å². The van der Waals surface area contributed by atoms with Crippen molar-refractivity contribution in [1.82, 2.24) is 15.0 Å². The normalized spacial score (nSPS) is 12.6. The second-order valence-electron chi connectivity index (χ2n) is 5.83. The Kier molecular flexibility index (Phi) is 8.11. The lowest BCUT2D eigenvalue weighted by molar-refractivity contribution is 0.835. The van der Waals surface area contributed by atoms with Crippen molar-refractivity contribution < 1.29 is 0 Å². The molecule has 0 atom stereocenters. The van der Waals surface area contributed by atoms with Crippen LogP contribution in [0.15, 0.2) is 18.2 Å². The van der Waals surface area contributed by atoms with E-state index in [1.807, 2.05) is 18.2 Å². The lowest BCUT2D eigenvalue weighted by atomic mass is 10.1. The van der Waals surface area contributed by atoms with Gasteiger partial charge in [-0.1, -0.05) is 87.8 Å². The van der Waals surface area contributed by atoms with Gasteiger partial charge in [0, 0.05) is 18.8 Å². The van der Waals surface area contributed by atoms with Crippen LogP contribution < -0.4 is 4.90 Å². The summed E-state index contributed by atoms with van der Waals surface area (Å²) in [6, 6.07) is 6.07. The molecule has 28 heavy (non-hydrogen) atoms. The molecule has 0 saturated carbocycles. The molecule has 1 aromatic carbocycles. The van der Waals surface area contributed by atoms with E-state index in [0.717, 1.165) is 29.9 Å². The van der Waals surface area contributed by atoms with Gasteiger partial charge in [0.2, 0.25) is 7.59 Å². The number of benzene rings is 1. The summed E-state index contributed by atoms with van der Waals surface area (Å²) >= 11 is 35.4. The summed E-state index contributed by atoms with van der Waals surface area (Å²) in [4.78, 5) is 14.6. The molecule has 10 heteroatoms. The van der Waals surface area contributed by atoms with E-state index in [0.29, 0.717) is 0 Å². The van der Waals surface area contributed by atoms with Crippen LogP contribution in [0.2, 0.25) is 0 Å². The lowest BCUT2D eigenvalue weighted by Gasteiger charge is -2.24. The average Bonchev–Trinajstić information content (AvgIpc) is 2.61. The molecule has 0 amide bonds. The van der Waals surface area contributed by atoms with Crippen LogP contribution in [-0.2, 0) is 7.59 Å². The molecule has 2 rings (SSSR count). The molecular weight excluding hydrogens is 485 g/mol. The van der Waals surface area contributed by atoms with Gasteiger partial charge in [-0.3, -0.25) is 0 Å². The molecule has 0 radical (unpaired) electrons. The van der Waals surface area contributed by atoms with Crippen molar-refractivity contribution in [3.8, 4) is 0 Å². The predicted octanol–water partition coefficient (Wildman–Crippen LogP) is 6.85. The second-order valence-corrected chi connectivity index (χ2v) is 10.4. The summed E-state index contributed by atoms with van der Waals surface area (Å²) in [5, 5.41) is 0. The number of hydrogen-bond acceptors (Lipinski definition) is 4. The van der Waals surface area contributed by atoms with Gasteiger partial charge in [0.25, 0.3) is 0 Å². The van der Waals surface area contributed by atoms with Crippen LogP contribution in [-0.4, -0.2) is 28.0 Å². The first-order chi connectivity index (χ1) is 13.0. The molecule has 1 heterocycles. The SMILES string of the molecule is CCN(CC)c1cccc(C=Cc2nc(C(Cl)(Cl)Cl)nc(C(Cl)(Cl)Cl)n2)c1C. The summed E-state index contributed by atoms with van der Waals surface area (Å²) in [6.07, 6.45) is 3.53. The monoisotopic (exact) mass is 500 g/mol. The number of rotatable bonds is 5. The standard InChI is InChI=1S/C18H18Cl6N4/c1-4-28(5-2)13-8-6-7-12(11(13)3)9-10-14-25-15(17(19,20)21)27-16(26-14)18(22,23)24/h6-10H,4-5H2,1-3H3. The number of aromatic nitrogens is 3. The molecule has 1 aromatic heterocycles. The summed E-state index contributed by atoms with van der Waals surface area (Å²) in [6.45, 7) is 8.12. The van der Waals surface area contributed by atoms with Crippen LogP contribution in [0.3, 0.4) is 0 Å². The highest BCUT2D eigenvalue weighted by Crippen LogP contribution is 2.40.